The molecule has 40 heavy (non-hydrogen) atoms. The van der Waals surface area contributed by atoms with Crippen LogP contribution in [-0.4, -0.2) is 34.4 Å². The first-order valence-corrected chi connectivity index (χ1v) is 12.5. The topological polar surface area (TPSA) is 112 Å². The summed E-state index contributed by atoms with van der Waals surface area (Å²) in [7, 11) is 0. The normalized spacial score (nSPS) is 16.1. The lowest BCUT2D eigenvalue weighted by atomic mass is 9.86. The molecule has 0 radical (unpaired) electrons. The van der Waals surface area contributed by atoms with E-state index in [2.05, 4.69) is 16.4 Å². The SMILES string of the molecule is CC1=C(NC(=O)c2cc(C(N)=O)nc3cccc(F)c23)C(C(F)(F)F)CCN1Cc1ccc(C(C)(C)C#N)cc1. The van der Waals surface area contributed by atoms with Crippen LogP contribution in [0.1, 0.15) is 59.2 Å². The Kier molecular flexibility index (Phi) is 7.57. The number of amides is 2. The van der Waals surface area contributed by atoms with Crippen molar-refractivity contribution in [3.63, 3.8) is 0 Å². The van der Waals surface area contributed by atoms with E-state index >= 15 is 0 Å². The van der Waals surface area contributed by atoms with Crippen LogP contribution in [0, 0.1) is 23.1 Å². The quantitative estimate of drug-likeness (QED) is 0.402. The number of fused-ring (bicyclic) bond motifs is 1. The lowest BCUT2D eigenvalue weighted by molar-refractivity contribution is -0.170. The van der Waals surface area contributed by atoms with Crippen LogP contribution in [0.2, 0.25) is 0 Å². The number of nitrogens with zero attached hydrogens (tertiary/aromatic N) is 3. The van der Waals surface area contributed by atoms with E-state index in [1.54, 1.807) is 18.7 Å². The Bertz CT molecular complexity index is 1560. The van der Waals surface area contributed by atoms with Gasteiger partial charge in [0.15, 0.2) is 0 Å². The average Bonchev–Trinajstić information content (AvgIpc) is 2.90. The number of hydrogen-bond donors (Lipinski definition) is 2. The zero-order chi connectivity index (χ0) is 29.4. The van der Waals surface area contributed by atoms with Crippen LogP contribution in [0.3, 0.4) is 0 Å². The van der Waals surface area contributed by atoms with Crippen LogP contribution in [0.5, 0.6) is 0 Å². The van der Waals surface area contributed by atoms with E-state index in [1.165, 1.54) is 19.1 Å². The fourth-order valence-electron chi connectivity index (χ4n) is 4.77. The molecule has 2 aromatic carbocycles. The molecule has 1 aliphatic rings. The van der Waals surface area contributed by atoms with Gasteiger partial charge in [-0.05, 0) is 56.5 Å². The highest BCUT2D eigenvalue weighted by Gasteiger charge is 2.45. The summed E-state index contributed by atoms with van der Waals surface area (Å²) in [6.45, 7) is 5.41. The molecule has 3 aromatic rings. The van der Waals surface area contributed by atoms with Gasteiger partial charge in [0, 0.05) is 29.9 Å². The van der Waals surface area contributed by atoms with Gasteiger partial charge in [-0.1, -0.05) is 30.3 Å². The highest BCUT2D eigenvalue weighted by atomic mass is 19.4. The Morgan fingerprint density at radius 2 is 1.85 bits per heavy atom. The van der Waals surface area contributed by atoms with Gasteiger partial charge >= 0.3 is 6.18 Å². The summed E-state index contributed by atoms with van der Waals surface area (Å²) < 4.78 is 57.0. The Morgan fingerprint density at radius 3 is 2.45 bits per heavy atom. The van der Waals surface area contributed by atoms with Crippen molar-refractivity contribution < 1.29 is 27.2 Å². The number of halogens is 4. The third-order valence-electron chi connectivity index (χ3n) is 7.15. The van der Waals surface area contributed by atoms with Crippen LogP contribution in [-0.2, 0) is 12.0 Å². The number of alkyl halides is 3. The number of benzene rings is 2. The van der Waals surface area contributed by atoms with E-state index in [0.29, 0.717) is 0 Å². The number of nitrogens with two attached hydrogens (primary N) is 1. The van der Waals surface area contributed by atoms with Gasteiger partial charge in [0.25, 0.3) is 11.8 Å². The molecule has 0 saturated heterocycles. The molecule has 1 atom stereocenters. The second-order valence-electron chi connectivity index (χ2n) is 10.2. The van der Waals surface area contributed by atoms with Gasteiger partial charge in [-0.3, -0.25) is 9.59 Å². The van der Waals surface area contributed by atoms with E-state index in [9.17, 15) is 32.4 Å². The molecule has 7 nitrogen and oxygen atoms in total. The fraction of sp³-hybridized carbons (Fsp3) is 0.310. The molecule has 3 N–H and O–H groups in total. The summed E-state index contributed by atoms with van der Waals surface area (Å²) in [6.07, 6.45) is -4.96. The van der Waals surface area contributed by atoms with Crippen LogP contribution < -0.4 is 11.1 Å². The van der Waals surface area contributed by atoms with Crippen LogP contribution in [0.4, 0.5) is 17.6 Å². The van der Waals surface area contributed by atoms with Gasteiger partial charge in [0.2, 0.25) is 0 Å². The lowest BCUT2D eigenvalue weighted by Crippen LogP contribution is -2.43. The monoisotopic (exact) mass is 553 g/mol. The van der Waals surface area contributed by atoms with Gasteiger partial charge < -0.3 is 16.0 Å². The van der Waals surface area contributed by atoms with Gasteiger partial charge in [0.05, 0.1) is 28.5 Å². The predicted octanol–water partition coefficient (Wildman–Crippen LogP) is 5.32. The predicted molar refractivity (Wildman–Crippen MR) is 140 cm³/mol. The Labute approximate surface area is 228 Å². The maximum atomic E-state index is 14.7. The largest absolute Gasteiger partial charge is 0.397 e. The molecule has 0 fully saturated rings. The molecular formula is C29H27F4N5O2. The molecule has 0 bridgehead atoms. The zero-order valence-electron chi connectivity index (χ0n) is 22.1. The minimum absolute atomic E-state index is 0.0344. The maximum Gasteiger partial charge on any atom is 0.397 e. The molecule has 1 unspecified atom stereocenters. The second kappa shape index (κ2) is 10.6. The van der Waals surface area contributed by atoms with Gasteiger partial charge in [-0.25, -0.2) is 9.37 Å². The van der Waals surface area contributed by atoms with E-state index < -0.39 is 35.1 Å². The van der Waals surface area contributed by atoms with Gasteiger partial charge in [-0.15, -0.1) is 0 Å². The van der Waals surface area contributed by atoms with E-state index in [1.807, 2.05) is 24.3 Å². The highest BCUT2D eigenvalue weighted by Crippen LogP contribution is 2.39. The molecule has 208 valence electrons. The fourth-order valence-corrected chi connectivity index (χ4v) is 4.77. The Morgan fingerprint density at radius 1 is 1.18 bits per heavy atom. The summed E-state index contributed by atoms with van der Waals surface area (Å²) in [5.74, 6) is -4.78. The van der Waals surface area contributed by atoms with Crippen LogP contribution in [0.15, 0.2) is 59.9 Å². The first-order chi connectivity index (χ1) is 18.7. The molecule has 1 aliphatic heterocycles. The van der Waals surface area contributed by atoms with E-state index in [4.69, 9.17) is 5.73 Å². The van der Waals surface area contributed by atoms with Gasteiger partial charge in [-0.2, -0.15) is 18.4 Å². The van der Waals surface area contributed by atoms with Crippen LogP contribution >= 0.6 is 0 Å². The van der Waals surface area contributed by atoms with Gasteiger partial charge in [0.1, 0.15) is 11.5 Å². The van der Waals surface area contributed by atoms with Crippen molar-refractivity contribution in [1.82, 2.24) is 15.2 Å². The number of primary amides is 1. The molecule has 2 heterocycles. The molecular weight excluding hydrogens is 526 g/mol. The van der Waals surface area contributed by atoms with Crippen molar-refractivity contribution in [1.29, 1.82) is 5.26 Å². The minimum atomic E-state index is -4.65. The molecule has 11 heteroatoms. The summed E-state index contributed by atoms with van der Waals surface area (Å²) >= 11 is 0. The third kappa shape index (κ3) is 5.61. The standard InChI is InChI=1S/C29H27F4N5O2/c1-16-25(37-27(40)19-13-23(26(35)39)36-22-6-4-5-21(30)24(19)22)20(29(31,32)33)11-12-38(16)14-17-7-9-18(10-8-17)28(2,3)15-34/h4-10,13,20H,11-12,14H2,1-3H3,(H2,35,39)(H,37,40). The average molecular weight is 554 g/mol. The van der Waals surface area contributed by atoms with Crippen molar-refractivity contribution in [2.75, 3.05) is 6.54 Å². The number of pyridine rings is 1. The molecule has 4 rings (SSSR count). The minimum Gasteiger partial charge on any atom is -0.369 e. The molecule has 1 aromatic heterocycles. The van der Waals surface area contributed by atoms with Crippen molar-refractivity contribution in [2.45, 2.75) is 45.3 Å². The third-order valence-corrected chi connectivity index (χ3v) is 7.15. The summed E-state index contributed by atoms with van der Waals surface area (Å²) in [5.41, 5.74) is 5.38. The van der Waals surface area contributed by atoms with Crippen LogP contribution in [0.25, 0.3) is 10.9 Å². The highest BCUT2D eigenvalue weighted by molar-refractivity contribution is 6.09. The number of carbonyl (C=O) groups excluding carboxylic acids is 2. The van der Waals surface area contributed by atoms with Crippen molar-refractivity contribution in [3.05, 3.63) is 88.1 Å². The van der Waals surface area contributed by atoms with Crippen molar-refractivity contribution in [3.8, 4) is 6.07 Å². The zero-order valence-corrected chi connectivity index (χ0v) is 22.1. The Balaban J connectivity index is 1.71. The molecule has 2 amide bonds. The van der Waals surface area contributed by atoms with E-state index in [-0.39, 0.29) is 53.1 Å². The lowest BCUT2D eigenvalue weighted by Gasteiger charge is -2.37. The Hall–Kier alpha value is -4.46. The summed E-state index contributed by atoms with van der Waals surface area (Å²) in [4.78, 5) is 30.9. The molecule has 0 spiro atoms. The molecule has 0 saturated carbocycles. The second-order valence-corrected chi connectivity index (χ2v) is 10.2. The summed E-state index contributed by atoms with van der Waals surface area (Å²) in [6, 6.07) is 14.2. The number of aromatic nitrogens is 1. The van der Waals surface area contributed by atoms with Crippen molar-refractivity contribution >= 4 is 22.7 Å². The number of carbonyl (C=O) groups is 2. The summed E-state index contributed by atoms with van der Waals surface area (Å²) in [5, 5.41) is 11.5. The number of nitrogens with one attached hydrogen (secondary N) is 1. The first kappa shape index (κ1) is 28.5. The smallest absolute Gasteiger partial charge is 0.369 e. The van der Waals surface area contributed by atoms with Crippen molar-refractivity contribution in [2.24, 2.45) is 11.7 Å². The number of allylic oxidation sites excluding steroid dienone is 2. The maximum absolute atomic E-state index is 14.7. The number of rotatable bonds is 6. The number of hydrogen-bond acceptors (Lipinski definition) is 5. The first-order valence-electron chi connectivity index (χ1n) is 12.5. The number of nitriles is 1. The van der Waals surface area contributed by atoms with E-state index in [0.717, 1.165) is 23.3 Å². The molecule has 0 aliphatic carbocycles.